The van der Waals surface area contributed by atoms with Gasteiger partial charge in [0.2, 0.25) is 0 Å². The number of anilines is 1. The van der Waals surface area contributed by atoms with Gasteiger partial charge in [-0.2, -0.15) is 5.10 Å². The number of nitrogens with two attached hydrogens (primary N) is 1. The first-order valence-electron chi connectivity index (χ1n) is 6.74. The molecule has 2 heterocycles. The maximum Gasteiger partial charge on any atom is 0.136 e. The van der Waals surface area contributed by atoms with E-state index in [0.29, 0.717) is 12.1 Å². The van der Waals surface area contributed by atoms with Crippen LogP contribution in [0.4, 0.5) is 5.82 Å². The number of aromatic nitrogens is 2. The van der Waals surface area contributed by atoms with Gasteiger partial charge in [0.15, 0.2) is 0 Å². The Morgan fingerprint density at radius 1 is 1.33 bits per heavy atom. The lowest BCUT2D eigenvalue weighted by molar-refractivity contribution is 0.227. The summed E-state index contributed by atoms with van der Waals surface area (Å²) in [4.78, 5) is 2.54. The molecule has 4 nitrogen and oxygen atoms in total. The fraction of sp³-hybridized carbons (Fsp3) is 0.769. The van der Waals surface area contributed by atoms with Crippen LogP contribution in [0.5, 0.6) is 0 Å². The SMILES string of the molecule is Cc1nn(C2CCCN(C(C)C)CC2)c(N)c1Br. The van der Waals surface area contributed by atoms with E-state index < -0.39 is 0 Å². The van der Waals surface area contributed by atoms with Gasteiger partial charge in [0, 0.05) is 12.6 Å². The summed E-state index contributed by atoms with van der Waals surface area (Å²) >= 11 is 3.50. The molecule has 0 saturated carbocycles. The van der Waals surface area contributed by atoms with Gasteiger partial charge in [0.05, 0.1) is 16.2 Å². The first-order valence-corrected chi connectivity index (χ1v) is 7.54. The fourth-order valence-corrected chi connectivity index (χ4v) is 2.95. The summed E-state index contributed by atoms with van der Waals surface area (Å²) in [5, 5.41) is 4.57. The van der Waals surface area contributed by atoms with Crippen LogP contribution in [0.15, 0.2) is 4.47 Å². The van der Waals surface area contributed by atoms with Crippen LogP contribution in [0.3, 0.4) is 0 Å². The molecule has 1 unspecified atom stereocenters. The third kappa shape index (κ3) is 2.72. The molecule has 0 aromatic carbocycles. The Labute approximate surface area is 118 Å². The molecule has 1 aliphatic heterocycles. The van der Waals surface area contributed by atoms with Gasteiger partial charge < -0.3 is 10.6 Å². The molecule has 0 radical (unpaired) electrons. The Balaban J connectivity index is 2.12. The van der Waals surface area contributed by atoms with Gasteiger partial charge in [-0.25, -0.2) is 4.68 Å². The van der Waals surface area contributed by atoms with Crippen LogP contribution in [-0.4, -0.2) is 33.8 Å². The molecule has 18 heavy (non-hydrogen) atoms. The first kappa shape index (κ1) is 13.9. The maximum atomic E-state index is 6.12. The van der Waals surface area contributed by atoms with Crippen molar-refractivity contribution in [2.45, 2.75) is 52.1 Å². The molecule has 1 saturated heterocycles. The Kier molecular flexibility index (Phi) is 4.33. The quantitative estimate of drug-likeness (QED) is 0.913. The summed E-state index contributed by atoms with van der Waals surface area (Å²) in [5.74, 6) is 0.774. The molecule has 0 aliphatic carbocycles. The van der Waals surface area contributed by atoms with Crippen molar-refractivity contribution in [2.24, 2.45) is 0 Å². The lowest BCUT2D eigenvalue weighted by Gasteiger charge is -2.24. The van der Waals surface area contributed by atoms with Crippen LogP contribution in [0.25, 0.3) is 0 Å². The van der Waals surface area contributed by atoms with Gasteiger partial charge in [-0.3, -0.25) is 0 Å². The second-order valence-corrected chi connectivity index (χ2v) is 6.24. The molecule has 2 N–H and O–H groups in total. The molecule has 1 aromatic heterocycles. The first-order chi connectivity index (χ1) is 8.50. The second-order valence-electron chi connectivity index (χ2n) is 5.44. The normalized spacial score (nSPS) is 22.4. The molecule has 1 fully saturated rings. The van der Waals surface area contributed by atoms with Crippen molar-refractivity contribution < 1.29 is 0 Å². The molecule has 2 rings (SSSR count). The van der Waals surface area contributed by atoms with Gasteiger partial charge >= 0.3 is 0 Å². The van der Waals surface area contributed by atoms with Gasteiger partial charge in [-0.1, -0.05) is 0 Å². The molecule has 5 heteroatoms. The largest absolute Gasteiger partial charge is 0.383 e. The van der Waals surface area contributed by atoms with Gasteiger partial charge in [0.25, 0.3) is 0 Å². The van der Waals surface area contributed by atoms with Crippen molar-refractivity contribution in [2.75, 3.05) is 18.8 Å². The Morgan fingerprint density at radius 2 is 2.06 bits per heavy atom. The number of rotatable bonds is 2. The molecule has 102 valence electrons. The molecule has 0 bridgehead atoms. The Morgan fingerprint density at radius 3 is 2.61 bits per heavy atom. The minimum absolute atomic E-state index is 0.443. The number of hydrogen-bond acceptors (Lipinski definition) is 3. The lowest BCUT2D eigenvalue weighted by atomic mass is 10.1. The summed E-state index contributed by atoms with van der Waals surface area (Å²) in [6.07, 6.45) is 3.52. The highest BCUT2D eigenvalue weighted by Crippen LogP contribution is 2.30. The van der Waals surface area contributed by atoms with E-state index in [1.807, 2.05) is 11.6 Å². The topological polar surface area (TPSA) is 47.1 Å². The van der Waals surface area contributed by atoms with Crippen molar-refractivity contribution in [1.82, 2.24) is 14.7 Å². The Hall–Kier alpha value is -0.550. The summed E-state index contributed by atoms with van der Waals surface area (Å²) in [7, 11) is 0. The van der Waals surface area contributed by atoms with Gasteiger partial charge in [0.1, 0.15) is 5.82 Å². The minimum atomic E-state index is 0.443. The molecular formula is C13H23BrN4. The van der Waals surface area contributed by atoms with E-state index in [2.05, 4.69) is 39.8 Å². The van der Waals surface area contributed by atoms with Crippen LogP contribution in [0, 0.1) is 6.92 Å². The highest BCUT2D eigenvalue weighted by molar-refractivity contribution is 9.10. The van der Waals surface area contributed by atoms with E-state index in [0.717, 1.165) is 29.0 Å². The van der Waals surface area contributed by atoms with Crippen molar-refractivity contribution >= 4 is 21.7 Å². The Bertz CT molecular complexity index is 413. The summed E-state index contributed by atoms with van der Waals surface area (Å²) < 4.78 is 2.97. The number of nitrogens with zero attached hydrogens (tertiary/aromatic N) is 3. The van der Waals surface area contributed by atoms with E-state index in [1.165, 1.54) is 19.4 Å². The van der Waals surface area contributed by atoms with E-state index in [4.69, 9.17) is 5.73 Å². The van der Waals surface area contributed by atoms with Gasteiger partial charge in [-0.15, -0.1) is 0 Å². The molecule has 1 aromatic rings. The van der Waals surface area contributed by atoms with Gasteiger partial charge in [-0.05, 0) is 62.5 Å². The molecule has 1 aliphatic rings. The average Bonchev–Trinajstić information content (AvgIpc) is 2.57. The summed E-state index contributed by atoms with van der Waals surface area (Å²) in [6, 6.07) is 1.07. The predicted molar refractivity (Wildman–Crippen MR) is 78.7 cm³/mol. The highest BCUT2D eigenvalue weighted by atomic mass is 79.9. The van der Waals surface area contributed by atoms with Crippen LogP contribution in [0.1, 0.15) is 44.8 Å². The minimum Gasteiger partial charge on any atom is -0.383 e. The number of aryl methyl sites for hydroxylation is 1. The van der Waals surface area contributed by atoms with Crippen molar-refractivity contribution in [3.63, 3.8) is 0 Å². The third-order valence-corrected chi connectivity index (χ3v) is 4.84. The molecular weight excluding hydrogens is 292 g/mol. The fourth-order valence-electron chi connectivity index (χ4n) is 2.69. The number of hydrogen-bond donors (Lipinski definition) is 1. The standard InChI is InChI=1S/C13H23BrN4/c1-9(2)17-7-4-5-11(6-8-17)18-13(15)12(14)10(3)16-18/h9,11H,4-8,15H2,1-3H3. The van der Waals surface area contributed by atoms with E-state index in [1.54, 1.807) is 0 Å². The monoisotopic (exact) mass is 314 g/mol. The number of nitrogen functional groups attached to an aromatic ring is 1. The summed E-state index contributed by atoms with van der Waals surface area (Å²) in [6.45, 7) is 8.86. The van der Waals surface area contributed by atoms with Crippen molar-refractivity contribution in [3.8, 4) is 0 Å². The highest BCUT2D eigenvalue weighted by Gasteiger charge is 2.23. The second kappa shape index (κ2) is 5.61. The summed E-state index contributed by atoms with van der Waals surface area (Å²) in [5.41, 5.74) is 7.10. The smallest absolute Gasteiger partial charge is 0.136 e. The van der Waals surface area contributed by atoms with Crippen LogP contribution < -0.4 is 5.73 Å². The zero-order valence-corrected chi connectivity index (χ0v) is 13.1. The van der Waals surface area contributed by atoms with Crippen LogP contribution in [0.2, 0.25) is 0 Å². The third-order valence-electron chi connectivity index (χ3n) is 3.86. The van der Waals surface area contributed by atoms with E-state index >= 15 is 0 Å². The zero-order chi connectivity index (χ0) is 13.3. The predicted octanol–water partition coefficient (Wildman–Crippen LogP) is 2.97. The number of halogens is 1. The van der Waals surface area contributed by atoms with Crippen LogP contribution in [-0.2, 0) is 0 Å². The molecule has 0 amide bonds. The molecule has 0 spiro atoms. The average molecular weight is 315 g/mol. The van der Waals surface area contributed by atoms with Crippen LogP contribution >= 0.6 is 15.9 Å². The van der Waals surface area contributed by atoms with E-state index in [-0.39, 0.29) is 0 Å². The number of likely N-dealkylation sites (tertiary alicyclic amines) is 1. The van der Waals surface area contributed by atoms with E-state index in [9.17, 15) is 0 Å². The lowest BCUT2D eigenvalue weighted by Crippen LogP contribution is -2.31. The van der Waals surface area contributed by atoms with Crippen molar-refractivity contribution in [3.05, 3.63) is 10.2 Å². The zero-order valence-electron chi connectivity index (χ0n) is 11.5. The van der Waals surface area contributed by atoms with Crippen molar-refractivity contribution in [1.29, 1.82) is 0 Å². The molecule has 1 atom stereocenters. The maximum absolute atomic E-state index is 6.12.